The van der Waals surface area contributed by atoms with E-state index in [1.165, 1.54) is 35.4 Å². The van der Waals surface area contributed by atoms with Gasteiger partial charge in [-0.25, -0.2) is 0 Å². The number of rotatable bonds is 6. The maximum absolute atomic E-state index is 6.26. The van der Waals surface area contributed by atoms with Gasteiger partial charge in [-0.1, -0.05) is 22.6 Å². The molecule has 24 heavy (non-hydrogen) atoms. The lowest BCUT2D eigenvalue weighted by molar-refractivity contribution is -0.191. The van der Waals surface area contributed by atoms with Gasteiger partial charge >= 0.3 is 0 Å². The third kappa shape index (κ3) is 4.75. The van der Waals surface area contributed by atoms with Crippen LogP contribution in [0.25, 0.3) is 0 Å². The van der Waals surface area contributed by atoms with Crippen molar-refractivity contribution in [3.8, 4) is 12.3 Å². The Morgan fingerprint density at radius 1 is 1.42 bits per heavy atom. The van der Waals surface area contributed by atoms with E-state index < -0.39 is 0 Å². The third-order valence-electron chi connectivity index (χ3n) is 5.20. The van der Waals surface area contributed by atoms with Crippen molar-refractivity contribution in [2.24, 2.45) is 11.8 Å². The SMILES string of the molecule is C#C[C@@H]1[C@@H](CCCc2ccc(C)s2)[C@H](I)C[C@H]1OC1CCCCO1. The normalized spacial score (nSPS) is 33.5. The van der Waals surface area contributed by atoms with Crippen LogP contribution in [-0.4, -0.2) is 22.9 Å². The first-order chi connectivity index (χ1) is 11.7. The molecule has 4 heteroatoms. The Bertz CT molecular complexity index is 558. The van der Waals surface area contributed by atoms with Crippen molar-refractivity contribution in [2.45, 2.75) is 68.2 Å². The predicted octanol–water partition coefficient (Wildman–Crippen LogP) is 5.36. The topological polar surface area (TPSA) is 18.5 Å². The molecule has 0 spiro atoms. The molecule has 2 nitrogen and oxygen atoms in total. The van der Waals surface area contributed by atoms with Crippen LogP contribution >= 0.6 is 33.9 Å². The molecule has 0 N–H and O–H groups in total. The van der Waals surface area contributed by atoms with Crippen LogP contribution in [0.1, 0.15) is 48.3 Å². The van der Waals surface area contributed by atoms with E-state index in [-0.39, 0.29) is 18.3 Å². The Morgan fingerprint density at radius 2 is 2.29 bits per heavy atom. The molecule has 0 amide bonds. The molecule has 132 valence electrons. The molecule has 1 aliphatic heterocycles. The van der Waals surface area contributed by atoms with Gasteiger partial charge in [-0.3, -0.25) is 0 Å². The van der Waals surface area contributed by atoms with Crippen molar-refractivity contribution in [1.82, 2.24) is 0 Å². The summed E-state index contributed by atoms with van der Waals surface area (Å²) in [5, 5.41) is 0. The van der Waals surface area contributed by atoms with Gasteiger partial charge in [0, 0.05) is 20.3 Å². The Balaban J connectivity index is 1.51. The van der Waals surface area contributed by atoms with Crippen molar-refractivity contribution in [3.05, 3.63) is 21.9 Å². The van der Waals surface area contributed by atoms with Crippen molar-refractivity contribution in [2.75, 3.05) is 6.61 Å². The average Bonchev–Trinajstić information content (AvgIpc) is 3.12. The highest BCUT2D eigenvalue weighted by Gasteiger charge is 2.42. The Hall–Kier alpha value is -0.0900. The first kappa shape index (κ1) is 18.7. The zero-order chi connectivity index (χ0) is 16.9. The lowest BCUT2D eigenvalue weighted by Gasteiger charge is -2.28. The number of hydrogen-bond donors (Lipinski definition) is 0. The van der Waals surface area contributed by atoms with Crippen LogP contribution in [0.5, 0.6) is 0 Å². The Kier molecular flexibility index (Phi) is 7.03. The van der Waals surface area contributed by atoms with E-state index in [0.29, 0.717) is 9.84 Å². The first-order valence-electron chi connectivity index (χ1n) is 9.10. The zero-order valence-corrected chi connectivity index (χ0v) is 17.4. The minimum Gasteiger partial charge on any atom is -0.353 e. The molecule has 5 atom stereocenters. The molecule has 1 unspecified atom stereocenters. The van der Waals surface area contributed by atoms with Gasteiger partial charge in [0.05, 0.1) is 12.0 Å². The molecule has 0 radical (unpaired) electrons. The summed E-state index contributed by atoms with van der Waals surface area (Å²) >= 11 is 4.50. The molecule has 1 aromatic rings. The van der Waals surface area contributed by atoms with Crippen LogP contribution in [0, 0.1) is 31.1 Å². The van der Waals surface area contributed by atoms with E-state index >= 15 is 0 Å². The molecule has 1 saturated carbocycles. The number of alkyl halides is 1. The second kappa shape index (κ2) is 9.02. The molecule has 2 aliphatic rings. The second-order valence-electron chi connectivity index (χ2n) is 6.98. The monoisotopic (exact) mass is 458 g/mol. The summed E-state index contributed by atoms with van der Waals surface area (Å²) in [6.45, 7) is 3.01. The molecule has 2 fully saturated rings. The van der Waals surface area contributed by atoms with Gasteiger partial charge in [0.2, 0.25) is 0 Å². The quantitative estimate of drug-likeness (QED) is 0.325. The molecule has 0 bridgehead atoms. The third-order valence-corrected chi connectivity index (χ3v) is 7.69. The molecular weight excluding hydrogens is 431 g/mol. The summed E-state index contributed by atoms with van der Waals surface area (Å²) in [4.78, 5) is 2.90. The summed E-state index contributed by atoms with van der Waals surface area (Å²) in [6, 6.07) is 4.48. The van der Waals surface area contributed by atoms with Crippen LogP contribution < -0.4 is 0 Å². The van der Waals surface area contributed by atoms with E-state index in [4.69, 9.17) is 15.9 Å². The molecule has 2 heterocycles. The summed E-state index contributed by atoms with van der Waals surface area (Å²) in [6.07, 6.45) is 14.1. The lowest BCUT2D eigenvalue weighted by atomic mass is 9.90. The Morgan fingerprint density at radius 3 is 2.96 bits per heavy atom. The number of ether oxygens (including phenoxy) is 2. The molecule has 1 aliphatic carbocycles. The highest BCUT2D eigenvalue weighted by Crippen LogP contribution is 2.42. The number of halogens is 1. The standard InChI is InChI=1S/C20H27IO2S/c1-3-16-17(8-6-7-15-11-10-14(2)24-15)18(21)13-19(16)23-20-9-4-5-12-22-20/h1,10-11,16-20H,4-9,12-13H2,2H3/t16-,17-,18-,19-,20?/m1/s1. The lowest BCUT2D eigenvalue weighted by Crippen LogP contribution is -2.30. The fourth-order valence-electron chi connectivity index (χ4n) is 3.92. The van der Waals surface area contributed by atoms with E-state index in [9.17, 15) is 0 Å². The summed E-state index contributed by atoms with van der Waals surface area (Å²) in [7, 11) is 0. The van der Waals surface area contributed by atoms with Crippen LogP contribution in [0.15, 0.2) is 12.1 Å². The molecule has 1 saturated heterocycles. The fraction of sp³-hybridized carbons (Fsp3) is 0.700. The number of aryl methyl sites for hydroxylation is 2. The van der Waals surface area contributed by atoms with Crippen LogP contribution in [0.4, 0.5) is 0 Å². The fourth-order valence-corrected chi connectivity index (χ4v) is 6.16. The van der Waals surface area contributed by atoms with Gasteiger partial charge in [0.15, 0.2) is 6.29 Å². The van der Waals surface area contributed by atoms with E-state index in [1.807, 2.05) is 11.3 Å². The highest BCUT2D eigenvalue weighted by atomic mass is 127. The molecule has 1 aromatic heterocycles. The maximum Gasteiger partial charge on any atom is 0.158 e. The van der Waals surface area contributed by atoms with Crippen molar-refractivity contribution < 1.29 is 9.47 Å². The maximum atomic E-state index is 6.26. The number of hydrogen-bond acceptors (Lipinski definition) is 3. The molecule has 0 aromatic carbocycles. The minimum absolute atomic E-state index is 0.0314. The van der Waals surface area contributed by atoms with Gasteiger partial charge in [-0.2, -0.15) is 0 Å². The zero-order valence-electron chi connectivity index (χ0n) is 14.4. The van der Waals surface area contributed by atoms with E-state index in [2.05, 4.69) is 47.6 Å². The van der Waals surface area contributed by atoms with Crippen molar-refractivity contribution in [3.63, 3.8) is 0 Å². The second-order valence-corrected chi connectivity index (χ2v) is 9.96. The summed E-state index contributed by atoms with van der Waals surface area (Å²) in [5.41, 5.74) is 0. The van der Waals surface area contributed by atoms with Gasteiger partial charge in [0.1, 0.15) is 0 Å². The largest absolute Gasteiger partial charge is 0.353 e. The Labute approximate surface area is 163 Å². The average molecular weight is 458 g/mol. The van der Waals surface area contributed by atoms with E-state index in [1.54, 1.807) is 0 Å². The predicted molar refractivity (Wildman–Crippen MR) is 109 cm³/mol. The minimum atomic E-state index is -0.0314. The summed E-state index contributed by atoms with van der Waals surface area (Å²) in [5.74, 6) is 3.87. The van der Waals surface area contributed by atoms with Gasteiger partial charge in [-0.15, -0.1) is 23.7 Å². The first-order valence-corrected chi connectivity index (χ1v) is 11.2. The molecule has 3 rings (SSSR count). The van der Waals surface area contributed by atoms with E-state index in [0.717, 1.165) is 25.9 Å². The van der Waals surface area contributed by atoms with Gasteiger partial charge < -0.3 is 9.47 Å². The van der Waals surface area contributed by atoms with Crippen molar-refractivity contribution in [1.29, 1.82) is 0 Å². The highest BCUT2D eigenvalue weighted by molar-refractivity contribution is 14.1. The van der Waals surface area contributed by atoms with Crippen LogP contribution in [0.3, 0.4) is 0 Å². The number of terminal acetylenes is 1. The summed E-state index contributed by atoms with van der Waals surface area (Å²) < 4.78 is 12.6. The van der Waals surface area contributed by atoms with Gasteiger partial charge in [-0.05, 0) is 69.9 Å². The smallest absolute Gasteiger partial charge is 0.158 e. The molecular formula is C20H27IO2S. The van der Waals surface area contributed by atoms with Gasteiger partial charge in [0.25, 0.3) is 0 Å². The number of thiophene rings is 1. The van der Waals surface area contributed by atoms with Crippen molar-refractivity contribution >= 4 is 33.9 Å². The van der Waals surface area contributed by atoms with Crippen LogP contribution in [0.2, 0.25) is 0 Å². The van der Waals surface area contributed by atoms with Crippen LogP contribution in [-0.2, 0) is 15.9 Å².